The molecule has 0 spiro atoms. The van der Waals surface area contributed by atoms with Gasteiger partial charge in [0, 0.05) is 25.1 Å². The van der Waals surface area contributed by atoms with Crippen LogP contribution in [0.15, 0.2) is 18.2 Å². The molecule has 1 aromatic carbocycles. The summed E-state index contributed by atoms with van der Waals surface area (Å²) in [7, 11) is 0. The summed E-state index contributed by atoms with van der Waals surface area (Å²) in [6.45, 7) is 1.80. The molecule has 0 aliphatic carbocycles. The van der Waals surface area contributed by atoms with E-state index in [1.165, 1.54) is 0 Å². The van der Waals surface area contributed by atoms with E-state index in [-0.39, 0.29) is 17.9 Å². The molecule has 2 heterocycles. The van der Waals surface area contributed by atoms with Crippen molar-refractivity contribution in [1.29, 1.82) is 0 Å². The van der Waals surface area contributed by atoms with Crippen molar-refractivity contribution in [3.8, 4) is 5.75 Å². The van der Waals surface area contributed by atoms with Crippen LogP contribution in [-0.2, 0) is 11.3 Å². The van der Waals surface area contributed by atoms with Gasteiger partial charge in [-0.3, -0.25) is 4.79 Å². The lowest BCUT2D eigenvalue weighted by Crippen LogP contribution is -2.33. The molecule has 2 aliphatic heterocycles. The third kappa shape index (κ3) is 2.68. The Morgan fingerprint density at radius 3 is 2.95 bits per heavy atom. The molecule has 3 N–H and O–H groups in total. The zero-order chi connectivity index (χ0) is 13.9. The molecule has 1 saturated heterocycles. The number of benzene rings is 1. The summed E-state index contributed by atoms with van der Waals surface area (Å²) in [6, 6.07) is 5.44. The highest BCUT2D eigenvalue weighted by molar-refractivity contribution is 5.92. The Bertz CT molecular complexity index is 544. The monoisotopic (exact) mass is 275 g/mol. The summed E-state index contributed by atoms with van der Waals surface area (Å²) < 4.78 is 5.67. The van der Waals surface area contributed by atoms with Crippen molar-refractivity contribution in [3.05, 3.63) is 23.8 Å². The summed E-state index contributed by atoms with van der Waals surface area (Å²) in [6.07, 6.45) is 1.60. The maximum absolute atomic E-state index is 11.4. The number of carbonyl (C=O) groups excluding carboxylic acids is 2. The van der Waals surface area contributed by atoms with E-state index in [9.17, 15) is 9.59 Å². The molecule has 1 atom stereocenters. The molecular weight excluding hydrogens is 258 g/mol. The SMILES string of the molecule is O=C1NCc2ccc(OCCC3CCNC3=O)cc2N1. The maximum Gasteiger partial charge on any atom is 0.319 e. The quantitative estimate of drug-likeness (QED) is 0.773. The first-order valence-corrected chi connectivity index (χ1v) is 6.80. The molecule has 0 saturated carbocycles. The van der Waals surface area contributed by atoms with Crippen molar-refractivity contribution >= 4 is 17.6 Å². The van der Waals surface area contributed by atoms with Gasteiger partial charge < -0.3 is 20.7 Å². The molecule has 0 aromatic heterocycles. The first-order chi connectivity index (χ1) is 9.72. The van der Waals surface area contributed by atoms with Crippen molar-refractivity contribution in [2.24, 2.45) is 5.92 Å². The van der Waals surface area contributed by atoms with Gasteiger partial charge in [0.2, 0.25) is 5.91 Å². The van der Waals surface area contributed by atoms with E-state index in [0.29, 0.717) is 18.9 Å². The molecule has 0 bridgehead atoms. The largest absolute Gasteiger partial charge is 0.493 e. The normalized spacial score (nSPS) is 20.7. The van der Waals surface area contributed by atoms with Gasteiger partial charge in [-0.05, 0) is 24.5 Å². The van der Waals surface area contributed by atoms with E-state index in [1.807, 2.05) is 18.2 Å². The molecule has 20 heavy (non-hydrogen) atoms. The Kier molecular flexibility index (Phi) is 3.45. The highest BCUT2D eigenvalue weighted by Gasteiger charge is 2.23. The second kappa shape index (κ2) is 5.40. The second-order valence-corrected chi connectivity index (χ2v) is 5.04. The number of hydrogen-bond acceptors (Lipinski definition) is 3. The fourth-order valence-electron chi connectivity index (χ4n) is 2.50. The van der Waals surface area contributed by atoms with E-state index >= 15 is 0 Å². The number of anilines is 1. The average Bonchev–Trinajstić information content (AvgIpc) is 2.84. The van der Waals surface area contributed by atoms with Crippen molar-refractivity contribution in [3.63, 3.8) is 0 Å². The minimum atomic E-state index is -0.197. The molecule has 6 heteroatoms. The van der Waals surface area contributed by atoms with Crippen LogP contribution < -0.4 is 20.7 Å². The maximum atomic E-state index is 11.4. The van der Waals surface area contributed by atoms with E-state index in [2.05, 4.69) is 16.0 Å². The van der Waals surface area contributed by atoms with Gasteiger partial charge in [-0.1, -0.05) is 6.07 Å². The number of ether oxygens (including phenoxy) is 1. The lowest BCUT2D eigenvalue weighted by Gasteiger charge is -2.19. The predicted octanol–water partition coefficient (Wildman–Crippen LogP) is 1.23. The molecule has 106 valence electrons. The molecule has 0 radical (unpaired) electrons. The van der Waals surface area contributed by atoms with Crippen LogP contribution in [0.1, 0.15) is 18.4 Å². The third-order valence-electron chi connectivity index (χ3n) is 3.67. The zero-order valence-electron chi connectivity index (χ0n) is 11.1. The van der Waals surface area contributed by atoms with Crippen LogP contribution in [0, 0.1) is 5.92 Å². The third-order valence-corrected chi connectivity index (χ3v) is 3.67. The van der Waals surface area contributed by atoms with E-state index in [0.717, 1.165) is 30.6 Å². The Hall–Kier alpha value is -2.24. The summed E-state index contributed by atoms with van der Waals surface area (Å²) in [5, 5.41) is 8.27. The van der Waals surface area contributed by atoms with Gasteiger partial charge in [-0.25, -0.2) is 4.79 Å². The molecule has 1 fully saturated rings. The summed E-state index contributed by atoms with van der Waals surface area (Å²) >= 11 is 0. The van der Waals surface area contributed by atoms with Gasteiger partial charge in [0.1, 0.15) is 5.75 Å². The highest BCUT2D eigenvalue weighted by atomic mass is 16.5. The molecular formula is C14H17N3O3. The van der Waals surface area contributed by atoms with Crippen LogP contribution in [0.25, 0.3) is 0 Å². The Morgan fingerprint density at radius 2 is 2.15 bits per heavy atom. The van der Waals surface area contributed by atoms with Gasteiger partial charge in [0.05, 0.1) is 12.3 Å². The van der Waals surface area contributed by atoms with Gasteiger partial charge >= 0.3 is 6.03 Å². The van der Waals surface area contributed by atoms with Crippen LogP contribution in [0.5, 0.6) is 5.75 Å². The number of urea groups is 1. The molecule has 3 amide bonds. The molecule has 6 nitrogen and oxygen atoms in total. The van der Waals surface area contributed by atoms with E-state index in [1.54, 1.807) is 0 Å². The van der Waals surface area contributed by atoms with Crippen LogP contribution >= 0.6 is 0 Å². The fourth-order valence-corrected chi connectivity index (χ4v) is 2.50. The topological polar surface area (TPSA) is 79.5 Å². The smallest absolute Gasteiger partial charge is 0.319 e. The number of hydrogen-bond donors (Lipinski definition) is 3. The van der Waals surface area contributed by atoms with Crippen molar-refractivity contribution in [2.45, 2.75) is 19.4 Å². The van der Waals surface area contributed by atoms with Gasteiger partial charge in [-0.2, -0.15) is 0 Å². The number of rotatable bonds is 4. The average molecular weight is 275 g/mol. The van der Waals surface area contributed by atoms with Crippen LogP contribution in [0.3, 0.4) is 0 Å². The lowest BCUT2D eigenvalue weighted by atomic mass is 10.1. The summed E-state index contributed by atoms with van der Waals surface area (Å²) in [5.41, 5.74) is 1.82. The molecule has 1 aromatic rings. The summed E-state index contributed by atoms with van der Waals surface area (Å²) in [5.74, 6) is 0.901. The molecule has 3 rings (SSSR count). The van der Waals surface area contributed by atoms with Crippen molar-refractivity contribution in [1.82, 2.24) is 10.6 Å². The highest BCUT2D eigenvalue weighted by Crippen LogP contribution is 2.25. The van der Waals surface area contributed by atoms with Gasteiger partial charge in [-0.15, -0.1) is 0 Å². The Balaban J connectivity index is 1.56. The fraction of sp³-hybridized carbons (Fsp3) is 0.429. The number of carbonyl (C=O) groups is 2. The lowest BCUT2D eigenvalue weighted by molar-refractivity contribution is -0.122. The minimum Gasteiger partial charge on any atom is -0.493 e. The number of fused-ring (bicyclic) bond motifs is 1. The van der Waals surface area contributed by atoms with E-state index < -0.39 is 0 Å². The van der Waals surface area contributed by atoms with Crippen LogP contribution in [0.4, 0.5) is 10.5 Å². The van der Waals surface area contributed by atoms with Gasteiger partial charge in [0.25, 0.3) is 0 Å². The Labute approximate surface area is 116 Å². The standard InChI is InChI=1S/C14H17N3O3/c18-13-9(3-5-15-13)4-6-20-11-2-1-10-8-16-14(19)17-12(10)7-11/h1-2,7,9H,3-6,8H2,(H,15,18)(H2,16,17,19). The van der Waals surface area contributed by atoms with Crippen LogP contribution in [-0.4, -0.2) is 25.1 Å². The zero-order valence-corrected chi connectivity index (χ0v) is 11.1. The first kappa shape index (κ1) is 12.8. The van der Waals surface area contributed by atoms with Crippen molar-refractivity contribution < 1.29 is 14.3 Å². The molecule has 2 aliphatic rings. The van der Waals surface area contributed by atoms with Crippen LogP contribution in [0.2, 0.25) is 0 Å². The van der Waals surface area contributed by atoms with Gasteiger partial charge in [0.15, 0.2) is 0 Å². The molecule has 1 unspecified atom stereocenters. The van der Waals surface area contributed by atoms with Crippen molar-refractivity contribution in [2.75, 3.05) is 18.5 Å². The Morgan fingerprint density at radius 1 is 1.25 bits per heavy atom. The number of amides is 3. The summed E-state index contributed by atoms with van der Waals surface area (Å²) in [4.78, 5) is 22.7. The first-order valence-electron chi connectivity index (χ1n) is 6.80. The minimum absolute atomic E-state index is 0.0662. The predicted molar refractivity (Wildman–Crippen MR) is 73.5 cm³/mol. The number of nitrogens with one attached hydrogen (secondary N) is 3. The van der Waals surface area contributed by atoms with E-state index in [4.69, 9.17) is 4.74 Å². The second-order valence-electron chi connectivity index (χ2n) is 5.04.